The van der Waals surface area contributed by atoms with Gasteiger partial charge in [0.2, 0.25) is 0 Å². The molecule has 1 aromatic heterocycles. The van der Waals surface area contributed by atoms with E-state index in [1.165, 1.54) is 0 Å². The zero-order chi connectivity index (χ0) is 17.1. The Hall–Kier alpha value is -1.88. The summed E-state index contributed by atoms with van der Waals surface area (Å²) in [6.45, 7) is 6.02. The third kappa shape index (κ3) is 3.46. The van der Waals surface area contributed by atoms with Gasteiger partial charge in [0.1, 0.15) is 0 Å². The van der Waals surface area contributed by atoms with Crippen LogP contribution in [0, 0.1) is 6.92 Å². The summed E-state index contributed by atoms with van der Waals surface area (Å²) < 4.78 is 0. The van der Waals surface area contributed by atoms with E-state index in [2.05, 4.69) is 29.2 Å². The Morgan fingerprint density at radius 3 is 2.75 bits per heavy atom. The lowest BCUT2D eigenvalue weighted by atomic mass is 10.1. The molecule has 0 N–H and O–H groups in total. The first kappa shape index (κ1) is 17.0. The fourth-order valence-electron chi connectivity index (χ4n) is 3.34. The molecule has 0 aliphatic carbocycles. The summed E-state index contributed by atoms with van der Waals surface area (Å²) in [6, 6.07) is 8.11. The number of carbonyl (C=O) groups is 1. The number of aromatic nitrogens is 1. The van der Waals surface area contributed by atoms with Crippen LogP contribution in [0.4, 0.5) is 5.69 Å². The van der Waals surface area contributed by atoms with Crippen molar-refractivity contribution in [2.45, 2.75) is 39.2 Å². The Morgan fingerprint density at radius 2 is 2.12 bits per heavy atom. The number of hydrogen-bond donors (Lipinski definition) is 0. The number of aryl methyl sites for hydroxylation is 1. The maximum atomic E-state index is 12.9. The molecule has 1 atom stereocenters. The van der Waals surface area contributed by atoms with Gasteiger partial charge in [-0.15, -0.1) is 11.3 Å². The van der Waals surface area contributed by atoms with Gasteiger partial charge in [-0.2, -0.15) is 0 Å². The number of carbonyl (C=O) groups excluding carboxylic acids is 1. The summed E-state index contributed by atoms with van der Waals surface area (Å²) in [5, 5.41) is 3.15. The van der Waals surface area contributed by atoms with E-state index in [9.17, 15) is 4.79 Å². The van der Waals surface area contributed by atoms with Crippen LogP contribution in [0.2, 0.25) is 0 Å². The van der Waals surface area contributed by atoms with Gasteiger partial charge in [0.15, 0.2) is 0 Å². The summed E-state index contributed by atoms with van der Waals surface area (Å²) in [6.07, 6.45) is 3.16. The lowest BCUT2D eigenvalue weighted by Gasteiger charge is -2.24. The molecule has 1 aliphatic rings. The largest absolute Gasteiger partial charge is 0.375 e. The van der Waals surface area contributed by atoms with E-state index in [1.807, 2.05) is 36.1 Å². The highest BCUT2D eigenvalue weighted by molar-refractivity contribution is 7.09. The average molecular weight is 343 g/mol. The van der Waals surface area contributed by atoms with E-state index >= 15 is 0 Å². The van der Waals surface area contributed by atoms with Gasteiger partial charge in [0, 0.05) is 36.8 Å². The number of anilines is 1. The van der Waals surface area contributed by atoms with Crippen LogP contribution in [0.5, 0.6) is 0 Å². The van der Waals surface area contributed by atoms with Crippen molar-refractivity contribution in [1.29, 1.82) is 0 Å². The van der Waals surface area contributed by atoms with Crippen molar-refractivity contribution in [2.24, 2.45) is 0 Å². The number of rotatable bonds is 5. The number of benzene rings is 1. The lowest BCUT2D eigenvalue weighted by Crippen LogP contribution is -2.30. The molecule has 0 bridgehead atoms. The molecule has 3 rings (SSSR count). The minimum atomic E-state index is 0.118. The van der Waals surface area contributed by atoms with Gasteiger partial charge in [-0.05, 0) is 50.5 Å². The molecule has 5 heteroatoms. The highest BCUT2D eigenvalue weighted by Gasteiger charge is 2.32. The van der Waals surface area contributed by atoms with Crippen molar-refractivity contribution in [2.75, 3.05) is 25.0 Å². The smallest absolute Gasteiger partial charge is 0.254 e. The second-order valence-electron chi connectivity index (χ2n) is 6.42. The monoisotopic (exact) mass is 343 g/mol. The predicted octanol–water partition coefficient (Wildman–Crippen LogP) is 4.28. The molecule has 4 nitrogen and oxygen atoms in total. The molecule has 24 heavy (non-hydrogen) atoms. The number of likely N-dealkylation sites (tertiary alicyclic amines) is 1. The molecule has 2 heterocycles. The summed E-state index contributed by atoms with van der Waals surface area (Å²) in [5.74, 6) is 0.118. The van der Waals surface area contributed by atoms with E-state index in [0.717, 1.165) is 54.3 Å². The Balaban J connectivity index is 1.75. The summed E-state index contributed by atoms with van der Waals surface area (Å²) >= 11 is 1.66. The minimum Gasteiger partial charge on any atom is -0.375 e. The molecule has 1 aliphatic heterocycles. The van der Waals surface area contributed by atoms with Gasteiger partial charge >= 0.3 is 0 Å². The maximum absolute atomic E-state index is 12.9. The summed E-state index contributed by atoms with van der Waals surface area (Å²) in [7, 11) is 2.08. The fourth-order valence-corrected chi connectivity index (χ4v) is 4.00. The van der Waals surface area contributed by atoms with Crippen LogP contribution in [0.15, 0.2) is 29.6 Å². The first-order valence-corrected chi connectivity index (χ1v) is 9.52. The van der Waals surface area contributed by atoms with Crippen molar-refractivity contribution in [3.05, 3.63) is 45.9 Å². The van der Waals surface area contributed by atoms with Crippen molar-refractivity contribution in [3.8, 4) is 0 Å². The van der Waals surface area contributed by atoms with Gasteiger partial charge in [-0.1, -0.05) is 6.92 Å². The zero-order valence-electron chi connectivity index (χ0n) is 14.7. The van der Waals surface area contributed by atoms with E-state index in [-0.39, 0.29) is 11.9 Å². The number of thiazole rings is 1. The molecular formula is C19H25N3OS. The van der Waals surface area contributed by atoms with Crippen LogP contribution < -0.4 is 4.90 Å². The van der Waals surface area contributed by atoms with Crippen LogP contribution in [-0.2, 0) is 0 Å². The second-order valence-corrected chi connectivity index (χ2v) is 7.48. The number of nitrogens with zero attached hydrogens (tertiary/aromatic N) is 3. The van der Waals surface area contributed by atoms with Crippen molar-refractivity contribution in [1.82, 2.24) is 9.88 Å². The molecule has 0 radical (unpaired) electrons. The molecule has 1 amide bonds. The highest BCUT2D eigenvalue weighted by Crippen LogP contribution is 2.33. The predicted molar refractivity (Wildman–Crippen MR) is 99.9 cm³/mol. The summed E-state index contributed by atoms with van der Waals surface area (Å²) in [4.78, 5) is 21.7. The average Bonchev–Trinajstić information content (AvgIpc) is 3.23. The minimum absolute atomic E-state index is 0.118. The molecule has 1 saturated heterocycles. The Kier molecular flexibility index (Phi) is 5.19. The maximum Gasteiger partial charge on any atom is 0.254 e. The Bertz CT molecular complexity index is 695. The topological polar surface area (TPSA) is 36.4 Å². The molecule has 0 unspecified atom stereocenters. The molecule has 128 valence electrons. The quantitative estimate of drug-likeness (QED) is 0.813. The first-order chi connectivity index (χ1) is 11.6. The molecule has 0 saturated carbocycles. The van der Waals surface area contributed by atoms with Crippen LogP contribution in [0.1, 0.15) is 53.3 Å². The van der Waals surface area contributed by atoms with Crippen molar-refractivity contribution < 1.29 is 4.79 Å². The molecular weight excluding hydrogens is 318 g/mol. The van der Waals surface area contributed by atoms with E-state index < -0.39 is 0 Å². The Labute approximate surface area is 148 Å². The lowest BCUT2D eigenvalue weighted by molar-refractivity contribution is 0.0733. The molecule has 1 aromatic carbocycles. The van der Waals surface area contributed by atoms with E-state index in [4.69, 9.17) is 0 Å². The molecule has 0 spiro atoms. The van der Waals surface area contributed by atoms with E-state index in [0.29, 0.717) is 0 Å². The van der Waals surface area contributed by atoms with Crippen LogP contribution >= 0.6 is 11.3 Å². The zero-order valence-corrected chi connectivity index (χ0v) is 15.5. The number of amides is 1. The van der Waals surface area contributed by atoms with Gasteiger partial charge in [0.25, 0.3) is 5.91 Å². The standard InChI is InChI=1S/C19H25N3OS/c1-4-11-21(3)16-9-7-15(8-10-16)19(23)22-12-5-6-18(22)17-13-24-14(2)20-17/h7-10,13,18H,4-6,11-12H2,1-3H3/t18-/m1/s1. The SMILES string of the molecule is CCCN(C)c1ccc(C(=O)N2CCC[C@@H]2c2csc(C)n2)cc1. The number of hydrogen-bond acceptors (Lipinski definition) is 4. The van der Waals surface area contributed by atoms with Gasteiger partial charge in [-0.3, -0.25) is 4.79 Å². The van der Waals surface area contributed by atoms with Crippen molar-refractivity contribution in [3.63, 3.8) is 0 Å². The Morgan fingerprint density at radius 1 is 1.38 bits per heavy atom. The third-order valence-electron chi connectivity index (χ3n) is 4.61. The van der Waals surface area contributed by atoms with Gasteiger partial charge in [-0.25, -0.2) is 4.98 Å². The van der Waals surface area contributed by atoms with Gasteiger partial charge < -0.3 is 9.80 Å². The molecule has 2 aromatic rings. The van der Waals surface area contributed by atoms with Crippen LogP contribution in [0.25, 0.3) is 0 Å². The fraction of sp³-hybridized carbons (Fsp3) is 0.474. The summed E-state index contributed by atoms with van der Waals surface area (Å²) in [5.41, 5.74) is 2.96. The van der Waals surface area contributed by atoms with Crippen LogP contribution in [-0.4, -0.2) is 35.9 Å². The highest BCUT2D eigenvalue weighted by atomic mass is 32.1. The van der Waals surface area contributed by atoms with E-state index in [1.54, 1.807) is 11.3 Å². The van der Waals surface area contributed by atoms with Crippen molar-refractivity contribution >= 4 is 22.9 Å². The normalized spacial score (nSPS) is 17.3. The molecule has 1 fully saturated rings. The second kappa shape index (κ2) is 7.34. The van der Waals surface area contributed by atoms with Gasteiger partial charge in [0.05, 0.1) is 16.7 Å². The van der Waals surface area contributed by atoms with Crippen LogP contribution in [0.3, 0.4) is 0 Å². The first-order valence-electron chi connectivity index (χ1n) is 8.64. The third-order valence-corrected chi connectivity index (χ3v) is 5.40.